The molecule has 1 aromatic heterocycles. The van der Waals surface area contributed by atoms with Crippen molar-refractivity contribution in [3.63, 3.8) is 0 Å². The van der Waals surface area contributed by atoms with Gasteiger partial charge in [0.2, 0.25) is 0 Å². The average molecular weight is 248 g/mol. The predicted molar refractivity (Wildman–Crippen MR) is 73.5 cm³/mol. The van der Waals surface area contributed by atoms with Crippen molar-refractivity contribution in [2.24, 2.45) is 0 Å². The largest absolute Gasteiger partial charge is 0.389 e. The second kappa shape index (κ2) is 5.81. The molecule has 18 heavy (non-hydrogen) atoms. The zero-order valence-electron chi connectivity index (χ0n) is 11.5. The Balaban J connectivity index is 1.91. The van der Waals surface area contributed by atoms with Crippen molar-refractivity contribution in [3.05, 3.63) is 30.1 Å². The molecular formula is C15H24N2O. The summed E-state index contributed by atoms with van der Waals surface area (Å²) in [5.74, 6) is 0. The van der Waals surface area contributed by atoms with Crippen LogP contribution < -0.4 is 0 Å². The third-order valence-corrected chi connectivity index (χ3v) is 4.20. The lowest BCUT2D eigenvalue weighted by molar-refractivity contribution is -0.0291. The van der Waals surface area contributed by atoms with Gasteiger partial charge < -0.3 is 10.0 Å². The number of nitrogens with zero attached hydrogens (tertiary/aromatic N) is 2. The molecule has 1 aromatic rings. The van der Waals surface area contributed by atoms with Crippen molar-refractivity contribution < 1.29 is 5.11 Å². The van der Waals surface area contributed by atoms with Gasteiger partial charge in [0.1, 0.15) is 0 Å². The molecule has 1 N–H and O–H groups in total. The summed E-state index contributed by atoms with van der Waals surface area (Å²) in [6, 6.07) is 4.62. The lowest BCUT2D eigenvalue weighted by Crippen LogP contribution is -2.48. The molecule has 1 unspecified atom stereocenters. The van der Waals surface area contributed by atoms with Crippen LogP contribution in [0.4, 0.5) is 0 Å². The summed E-state index contributed by atoms with van der Waals surface area (Å²) in [4.78, 5) is 6.60. The Hall–Kier alpha value is -0.930. The van der Waals surface area contributed by atoms with Crippen LogP contribution in [-0.2, 0) is 6.42 Å². The Labute approximate surface area is 110 Å². The lowest BCUT2D eigenvalue weighted by Gasteiger charge is -2.40. The molecule has 0 aliphatic carbocycles. The van der Waals surface area contributed by atoms with E-state index in [4.69, 9.17) is 0 Å². The van der Waals surface area contributed by atoms with Crippen LogP contribution in [0.5, 0.6) is 0 Å². The minimum atomic E-state index is -0.535. The fourth-order valence-electron chi connectivity index (χ4n) is 2.70. The zero-order chi connectivity index (χ0) is 13.0. The first-order chi connectivity index (χ1) is 8.63. The summed E-state index contributed by atoms with van der Waals surface area (Å²) in [6.07, 6.45) is 7.28. The quantitative estimate of drug-likeness (QED) is 0.888. The molecule has 0 amide bonds. The van der Waals surface area contributed by atoms with Crippen LogP contribution in [0.25, 0.3) is 0 Å². The van der Waals surface area contributed by atoms with E-state index in [-0.39, 0.29) is 0 Å². The summed E-state index contributed by atoms with van der Waals surface area (Å²) >= 11 is 0. The number of aliphatic hydroxyl groups is 1. The van der Waals surface area contributed by atoms with Crippen LogP contribution in [0.2, 0.25) is 0 Å². The standard InChI is InChI=1S/C15H24N2O/c1-3-13(2)17-9-6-15(18,7-10-17)11-14-5-4-8-16-12-14/h4-5,8,12-13,18H,3,6-7,9-11H2,1-2H3. The van der Waals surface area contributed by atoms with E-state index in [0.29, 0.717) is 6.04 Å². The summed E-state index contributed by atoms with van der Waals surface area (Å²) in [5, 5.41) is 10.6. The van der Waals surface area contributed by atoms with Gasteiger partial charge in [-0.1, -0.05) is 13.0 Å². The SMILES string of the molecule is CCC(C)N1CCC(O)(Cc2cccnc2)CC1. The van der Waals surface area contributed by atoms with Gasteiger partial charge in [-0.15, -0.1) is 0 Å². The summed E-state index contributed by atoms with van der Waals surface area (Å²) < 4.78 is 0. The topological polar surface area (TPSA) is 36.4 Å². The zero-order valence-corrected chi connectivity index (χ0v) is 11.5. The van der Waals surface area contributed by atoms with Gasteiger partial charge in [-0.05, 0) is 37.8 Å². The molecular weight excluding hydrogens is 224 g/mol. The second-order valence-electron chi connectivity index (χ2n) is 5.56. The first-order valence-electron chi connectivity index (χ1n) is 6.98. The molecule has 0 spiro atoms. The molecule has 1 aliphatic heterocycles. The van der Waals surface area contributed by atoms with E-state index in [0.717, 1.165) is 37.9 Å². The highest BCUT2D eigenvalue weighted by molar-refractivity contribution is 5.12. The number of rotatable bonds is 4. The van der Waals surface area contributed by atoms with Crippen molar-refractivity contribution in [1.29, 1.82) is 0 Å². The highest BCUT2D eigenvalue weighted by atomic mass is 16.3. The molecule has 1 atom stereocenters. The minimum absolute atomic E-state index is 0.535. The Morgan fingerprint density at radius 3 is 2.72 bits per heavy atom. The van der Waals surface area contributed by atoms with Gasteiger partial charge in [-0.2, -0.15) is 0 Å². The number of aromatic nitrogens is 1. The van der Waals surface area contributed by atoms with Gasteiger partial charge in [0.15, 0.2) is 0 Å². The van der Waals surface area contributed by atoms with Crippen LogP contribution in [0, 0.1) is 0 Å². The fraction of sp³-hybridized carbons (Fsp3) is 0.667. The van der Waals surface area contributed by atoms with E-state index < -0.39 is 5.60 Å². The maximum absolute atomic E-state index is 10.6. The number of likely N-dealkylation sites (tertiary alicyclic amines) is 1. The van der Waals surface area contributed by atoms with Gasteiger partial charge in [-0.25, -0.2) is 0 Å². The Morgan fingerprint density at radius 2 is 2.17 bits per heavy atom. The Bertz CT molecular complexity index is 358. The molecule has 0 saturated carbocycles. The molecule has 3 nitrogen and oxygen atoms in total. The molecule has 2 rings (SSSR count). The minimum Gasteiger partial charge on any atom is -0.389 e. The predicted octanol–water partition coefficient (Wildman–Crippen LogP) is 2.25. The summed E-state index contributed by atoms with van der Waals surface area (Å²) in [7, 11) is 0. The third-order valence-electron chi connectivity index (χ3n) is 4.20. The molecule has 0 bridgehead atoms. The van der Waals surface area contributed by atoms with E-state index >= 15 is 0 Å². The highest BCUT2D eigenvalue weighted by Crippen LogP contribution is 2.27. The molecule has 0 radical (unpaired) electrons. The Morgan fingerprint density at radius 1 is 1.44 bits per heavy atom. The Kier molecular flexibility index (Phi) is 4.36. The molecule has 1 saturated heterocycles. The van der Waals surface area contributed by atoms with Gasteiger partial charge >= 0.3 is 0 Å². The van der Waals surface area contributed by atoms with Gasteiger partial charge in [0, 0.05) is 37.9 Å². The van der Waals surface area contributed by atoms with Crippen molar-refractivity contribution in [2.45, 2.75) is 51.2 Å². The van der Waals surface area contributed by atoms with Gasteiger partial charge in [-0.3, -0.25) is 4.98 Å². The number of piperidine rings is 1. The van der Waals surface area contributed by atoms with Crippen LogP contribution in [0.3, 0.4) is 0 Å². The van der Waals surface area contributed by atoms with E-state index in [2.05, 4.69) is 23.7 Å². The van der Waals surface area contributed by atoms with Crippen LogP contribution >= 0.6 is 0 Å². The van der Waals surface area contributed by atoms with Crippen LogP contribution in [0.1, 0.15) is 38.7 Å². The van der Waals surface area contributed by atoms with Crippen LogP contribution in [-0.4, -0.2) is 39.7 Å². The molecule has 1 aliphatic rings. The first-order valence-corrected chi connectivity index (χ1v) is 6.98. The molecule has 2 heterocycles. The molecule has 100 valence electrons. The van der Waals surface area contributed by atoms with Gasteiger partial charge in [0.25, 0.3) is 0 Å². The average Bonchev–Trinajstić information content (AvgIpc) is 2.39. The van der Waals surface area contributed by atoms with Gasteiger partial charge in [0.05, 0.1) is 5.60 Å². The number of hydrogen-bond donors (Lipinski definition) is 1. The first kappa shape index (κ1) is 13.5. The third kappa shape index (κ3) is 3.30. The van der Waals surface area contributed by atoms with Crippen molar-refractivity contribution in [2.75, 3.05) is 13.1 Å². The monoisotopic (exact) mass is 248 g/mol. The smallest absolute Gasteiger partial charge is 0.0712 e. The fourth-order valence-corrected chi connectivity index (χ4v) is 2.70. The highest BCUT2D eigenvalue weighted by Gasteiger charge is 2.33. The summed E-state index contributed by atoms with van der Waals surface area (Å²) in [5.41, 5.74) is 0.601. The number of hydrogen-bond acceptors (Lipinski definition) is 3. The maximum atomic E-state index is 10.6. The van der Waals surface area contributed by atoms with Crippen LogP contribution in [0.15, 0.2) is 24.5 Å². The molecule has 3 heteroatoms. The van der Waals surface area contributed by atoms with E-state index in [1.54, 1.807) is 6.20 Å². The van der Waals surface area contributed by atoms with E-state index in [1.807, 2.05) is 18.3 Å². The molecule has 0 aromatic carbocycles. The maximum Gasteiger partial charge on any atom is 0.0712 e. The van der Waals surface area contributed by atoms with E-state index in [9.17, 15) is 5.11 Å². The van der Waals surface area contributed by atoms with Crippen molar-refractivity contribution in [3.8, 4) is 0 Å². The second-order valence-corrected chi connectivity index (χ2v) is 5.56. The lowest BCUT2D eigenvalue weighted by atomic mass is 9.85. The summed E-state index contributed by atoms with van der Waals surface area (Å²) in [6.45, 7) is 6.50. The molecule has 1 fully saturated rings. The normalized spacial score (nSPS) is 21.7. The van der Waals surface area contributed by atoms with Crippen molar-refractivity contribution >= 4 is 0 Å². The number of pyridine rings is 1. The van der Waals surface area contributed by atoms with Crippen molar-refractivity contribution in [1.82, 2.24) is 9.88 Å². The van der Waals surface area contributed by atoms with E-state index in [1.165, 1.54) is 6.42 Å².